The van der Waals surface area contributed by atoms with E-state index < -0.39 is 0 Å². The van der Waals surface area contributed by atoms with Crippen molar-refractivity contribution in [2.45, 2.75) is 26.4 Å². The molecule has 1 aromatic carbocycles. The first-order valence-corrected chi connectivity index (χ1v) is 7.31. The van der Waals surface area contributed by atoms with Crippen LogP contribution in [0.15, 0.2) is 29.2 Å². The number of amides is 2. The molecule has 1 aromatic rings. The number of thioether (sulfide) groups is 1. The zero-order chi connectivity index (χ0) is 14.7. The van der Waals surface area contributed by atoms with Gasteiger partial charge in [0.2, 0.25) is 0 Å². The van der Waals surface area contributed by atoms with E-state index in [1.807, 2.05) is 31.2 Å². The number of likely N-dealkylation sites (N-methyl/N-ethyl adjacent to an activating group) is 1. The first-order chi connectivity index (χ1) is 9.52. The zero-order valence-electron chi connectivity index (χ0n) is 11.8. The van der Waals surface area contributed by atoms with Gasteiger partial charge in [0.1, 0.15) is 5.75 Å². The molecular weight excluding hydrogens is 274 g/mol. The maximum Gasteiger partial charge on any atom is 0.293 e. The van der Waals surface area contributed by atoms with Gasteiger partial charge in [-0.05, 0) is 37.2 Å². The largest absolute Gasteiger partial charge is 0.490 e. The van der Waals surface area contributed by atoms with E-state index in [9.17, 15) is 9.59 Å². The molecule has 1 aliphatic heterocycles. The molecule has 4 nitrogen and oxygen atoms in total. The number of hydrogen-bond donors (Lipinski definition) is 0. The smallest absolute Gasteiger partial charge is 0.293 e. The molecular formula is C15H17NO3S. The number of rotatable bonds is 4. The third-order valence-electron chi connectivity index (χ3n) is 3.10. The minimum atomic E-state index is -0.265. The summed E-state index contributed by atoms with van der Waals surface area (Å²) in [5.74, 6) is 0.461. The van der Waals surface area contributed by atoms with Crippen LogP contribution in [0.25, 0.3) is 6.08 Å². The van der Waals surface area contributed by atoms with Gasteiger partial charge in [0.25, 0.3) is 11.1 Å². The van der Waals surface area contributed by atoms with E-state index in [1.54, 1.807) is 6.08 Å². The molecule has 1 aliphatic rings. The van der Waals surface area contributed by atoms with E-state index in [0.29, 0.717) is 4.91 Å². The lowest BCUT2D eigenvalue weighted by Crippen LogP contribution is -2.22. The summed E-state index contributed by atoms with van der Waals surface area (Å²) in [6, 6.07) is 7.52. The van der Waals surface area contributed by atoms with Crippen LogP contribution in [0, 0.1) is 0 Å². The molecule has 20 heavy (non-hydrogen) atoms. The molecule has 0 saturated carbocycles. The minimum Gasteiger partial charge on any atom is -0.490 e. The molecule has 1 heterocycles. The number of carbonyl (C=O) groups is 2. The molecule has 1 saturated heterocycles. The topological polar surface area (TPSA) is 46.6 Å². The molecule has 2 amide bonds. The van der Waals surface area contributed by atoms with Gasteiger partial charge in [-0.15, -0.1) is 0 Å². The van der Waals surface area contributed by atoms with Crippen LogP contribution in [-0.2, 0) is 4.79 Å². The van der Waals surface area contributed by atoms with E-state index in [0.717, 1.165) is 34.4 Å². The third kappa shape index (κ3) is 3.04. The Kier molecular flexibility index (Phi) is 4.49. The van der Waals surface area contributed by atoms with Crippen LogP contribution >= 0.6 is 11.8 Å². The third-order valence-corrected chi connectivity index (χ3v) is 4.06. The highest BCUT2D eigenvalue weighted by Crippen LogP contribution is 2.33. The Bertz CT molecular complexity index is 568. The summed E-state index contributed by atoms with van der Waals surface area (Å²) in [6.45, 7) is 4.05. The lowest BCUT2D eigenvalue weighted by molar-refractivity contribution is -0.121. The number of ether oxygens (including phenoxy) is 1. The van der Waals surface area contributed by atoms with Crippen LogP contribution in [0.4, 0.5) is 4.79 Å². The summed E-state index contributed by atoms with van der Waals surface area (Å²) in [5.41, 5.74) is 0.812. The molecule has 5 heteroatoms. The molecule has 0 unspecified atom stereocenters. The van der Waals surface area contributed by atoms with Gasteiger partial charge in [-0.3, -0.25) is 14.5 Å². The number of hydrogen-bond acceptors (Lipinski definition) is 4. The van der Waals surface area contributed by atoms with Gasteiger partial charge < -0.3 is 4.74 Å². The molecule has 1 fully saturated rings. The van der Waals surface area contributed by atoms with Gasteiger partial charge in [0.15, 0.2) is 0 Å². The molecule has 0 spiro atoms. The summed E-state index contributed by atoms with van der Waals surface area (Å²) in [7, 11) is 1.49. The first kappa shape index (κ1) is 14.7. The van der Waals surface area contributed by atoms with Crippen molar-refractivity contribution < 1.29 is 14.3 Å². The maximum atomic E-state index is 11.9. The van der Waals surface area contributed by atoms with Crippen LogP contribution in [-0.4, -0.2) is 29.2 Å². The molecule has 0 N–H and O–H groups in total. The van der Waals surface area contributed by atoms with E-state index in [4.69, 9.17) is 4.74 Å². The SMILES string of the molecule is CC[C@@H](C)Oc1ccccc1/C=C1/SC(=O)N(C)C1=O. The van der Waals surface area contributed by atoms with Crippen molar-refractivity contribution in [2.75, 3.05) is 7.05 Å². The zero-order valence-corrected chi connectivity index (χ0v) is 12.6. The Morgan fingerprint density at radius 3 is 2.65 bits per heavy atom. The van der Waals surface area contributed by atoms with Crippen LogP contribution < -0.4 is 4.74 Å². The predicted octanol–water partition coefficient (Wildman–Crippen LogP) is 3.53. The molecule has 0 aromatic heterocycles. The highest BCUT2D eigenvalue weighted by molar-refractivity contribution is 8.18. The van der Waals surface area contributed by atoms with Crippen molar-refractivity contribution in [1.82, 2.24) is 4.90 Å². The van der Waals surface area contributed by atoms with Crippen LogP contribution in [0.5, 0.6) is 5.75 Å². The molecule has 106 valence electrons. The Labute approximate surface area is 122 Å². The van der Waals surface area contributed by atoms with Crippen molar-refractivity contribution in [3.8, 4) is 5.75 Å². The average molecular weight is 291 g/mol. The normalized spacial score (nSPS) is 18.8. The van der Waals surface area contributed by atoms with Crippen LogP contribution in [0.3, 0.4) is 0 Å². The van der Waals surface area contributed by atoms with Gasteiger partial charge in [0, 0.05) is 12.6 Å². The fraction of sp³-hybridized carbons (Fsp3) is 0.333. The summed E-state index contributed by atoms with van der Waals surface area (Å²) in [6.07, 6.45) is 2.72. The Hall–Kier alpha value is -1.75. The predicted molar refractivity (Wildman–Crippen MR) is 80.6 cm³/mol. The average Bonchev–Trinajstić information content (AvgIpc) is 2.68. The van der Waals surface area contributed by atoms with Crippen molar-refractivity contribution in [3.05, 3.63) is 34.7 Å². The van der Waals surface area contributed by atoms with E-state index >= 15 is 0 Å². The van der Waals surface area contributed by atoms with Crippen molar-refractivity contribution in [2.24, 2.45) is 0 Å². The Balaban J connectivity index is 2.30. The van der Waals surface area contributed by atoms with E-state index in [2.05, 4.69) is 6.92 Å². The second-order valence-corrected chi connectivity index (χ2v) is 5.61. The van der Waals surface area contributed by atoms with Gasteiger partial charge in [-0.25, -0.2) is 0 Å². The second kappa shape index (κ2) is 6.13. The Morgan fingerprint density at radius 1 is 1.35 bits per heavy atom. The summed E-state index contributed by atoms with van der Waals surface area (Å²) < 4.78 is 5.83. The van der Waals surface area contributed by atoms with E-state index in [-0.39, 0.29) is 17.3 Å². The number of benzene rings is 1. The van der Waals surface area contributed by atoms with Gasteiger partial charge in [-0.2, -0.15) is 0 Å². The fourth-order valence-corrected chi connectivity index (χ4v) is 2.51. The summed E-state index contributed by atoms with van der Waals surface area (Å²) >= 11 is 0.953. The molecule has 0 aliphatic carbocycles. The minimum absolute atomic E-state index is 0.103. The van der Waals surface area contributed by atoms with Gasteiger partial charge in [0.05, 0.1) is 11.0 Å². The quantitative estimate of drug-likeness (QED) is 0.796. The van der Waals surface area contributed by atoms with E-state index in [1.165, 1.54) is 7.05 Å². The number of para-hydroxylation sites is 1. The number of carbonyl (C=O) groups excluding carboxylic acids is 2. The summed E-state index contributed by atoms with van der Waals surface area (Å²) in [5, 5.41) is -0.249. The number of nitrogens with zero attached hydrogens (tertiary/aromatic N) is 1. The van der Waals surface area contributed by atoms with Gasteiger partial charge >= 0.3 is 0 Å². The highest BCUT2D eigenvalue weighted by Gasteiger charge is 2.31. The molecule has 0 radical (unpaired) electrons. The highest BCUT2D eigenvalue weighted by atomic mass is 32.2. The second-order valence-electron chi connectivity index (χ2n) is 4.62. The van der Waals surface area contributed by atoms with Crippen molar-refractivity contribution in [3.63, 3.8) is 0 Å². The monoisotopic (exact) mass is 291 g/mol. The van der Waals surface area contributed by atoms with Crippen molar-refractivity contribution >= 4 is 29.0 Å². The first-order valence-electron chi connectivity index (χ1n) is 6.50. The fourth-order valence-electron chi connectivity index (χ4n) is 1.69. The Morgan fingerprint density at radius 2 is 2.05 bits per heavy atom. The van der Waals surface area contributed by atoms with Crippen LogP contribution in [0.2, 0.25) is 0 Å². The van der Waals surface area contributed by atoms with Gasteiger partial charge in [-0.1, -0.05) is 25.1 Å². The lowest BCUT2D eigenvalue weighted by Gasteiger charge is -2.14. The standard InChI is InChI=1S/C15H17NO3S/c1-4-10(2)19-12-8-6-5-7-11(12)9-13-14(17)16(3)15(18)20-13/h5-10H,4H2,1-3H3/b13-9+/t10-/m1/s1. The molecule has 1 atom stereocenters. The number of imide groups is 1. The lowest BCUT2D eigenvalue weighted by atomic mass is 10.1. The molecule has 0 bridgehead atoms. The summed E-state index contributed by atoms with van der Waals surface area (Å²) in [4.78, 5) is 24.9. The molecule has 2 rings (SSSR count). The maximum absolute atomic E-state index is 11.9. The van der Waals surface area contributed by atoms with Crippen LogP contribution in [0.1, 0.15) is 25.8 Å². The van der Waals surface area contributed by atoms with Crippen molar-refractivity contribution in [1.29, 1.82) is 0 Å².